The van der Waals surface area contributed by atoms with Crippen LogP contribution in [0.1, 0.15) is 53.0 Å². The summed E-state index contributed by atoms with van der Waals surface area (Å²) in [6.45, 7) is 10.9. The lowest BCUT2D eigenvalue weighted by Gasteiger charge is -2.31. The molecule has 102 valence electrons. The molecule has 0 aliphatic heterocycles. The highest BCUT2D eigenvalue weighted by atomic mass is 35.5. The standard InChI is InChI=1S/C15H25ClN2/c1-6-15(7-2,11-16)18-13-9-8-12(10-17-13)14(3,4)5/h8-10H,6-7,11H2,1-5H3,(H,17,18). The number of pyridine rings is 1. The molecule has 1 heterocycles. The van der Waals surface area contributed by atoms with Crippen LogP contribution in [0.2, 0.25) is 0 Å². The van der Waals surface area contributed by atoms with Gasteiger partial charge in [0.2, 0.25) is 0 Å². The van der Waals surface area contributed by atoms with E-state index in [1.54, 1.807) is 0 Å². The predicted molar refractivity (Wildman–Crippen MR) is 80.6 cm³/mol. The van der Waals surface area contributed by atoms with Crippen molar-refractivity contribution in [3.05, 3.63) is 23.9 Å². The van der Waals surface area contributed by atoms with Gasteiger partial charge in [-0.3, -0.25) is 0 Å². The van der Waals surface area contributed by atoms with Gasteiger partial charge in [0.1, 0.15) is 5.82 Å². The normalized spacial score (nSPS) is 12.6. The lowest BCUT2D eigenvalue weighted by molar-refractivity contribution is 0.482. The molecular formula is C15H25ClN2. The van der Waals surface area contributed by atoms with Crippen LogP contribution in [0.5, 0.6) is 0 Å². The Kier molecular flexibility index (Phi) is 5.03. The smallest absolute Gasteiger partial charge is 0.126 e. The number of aromatic nitrogens is 1. The molecule has 1 rings (SSSR count). The third kappa shape index (κ3) is 3.61. The number of anilines is 1. The minimum absolute atomic E-state index is 0.0438. The summed E-state index contributed by atoms with van der Waals surface area (Å²) in [4.78, 5) is 4.50. The summed E-state index contributed by atoms with van der Waals surface area (Å²) in [6.07, 6.45) is 3.94. The van der Waals surface area contributed by atoms with Crippen LogP contribution in [-0.4, -0.2) is 16.4 Å². The molecule has 0 spiro atoms. The molecule has 3 heteroatoms. The summed E-state index contributed by atoms with van der Waals surface area (Å²) < 4.78 is 0. The van der Waals surface area contributed by atoms with Crippen LogP contribution in [0.4, 0.5) is 5.82 Å². The second-order valence-corrected chi connectivity index (χ2v) is 6.20. The van der Waals surface area contributed by atoms with E-state index in [0.717, 1.165) is 18.7 Å². The van der Waals surface area contributed by atoms with Crippen molar-refractivity contribution >= 4 is 17.4 Å². The fourth-order valence-electron chi connectivity index (χ4n) is 1.83. The minimum Gasteiger partial charge on any atom is -0.363 e. The van der Waals surface area contributed by atoms with E-state index in [0.29, 0.717) is 5.88 Å². The van der Waals surface area contributed by atoms with Crippen LogP contribution in [0.15, 0.2) is 18.3 Å². The molecule has 1 aromatic rings. The summed E-state index contributed by atoms with van der Waals surface area (Å²) >= 11 is 6.09. The Morgan fingerprint density at radius 3 is 2.11 bits per heavy atom. The molecule has 0 bridgehead atoms. The van der Waals surface area contributed by atoms with Crippen LogP contribution in [-0.2, 0) is 5.41 Å². The van der Waals surface area contributed by atoms with Crippen LogP contribution < -0.4 is 5.32 Å². The molecule has 0 amide bonds. The van der Waals surface area contributed by atoms with E-state index in [9.17, 15) is 0 Å². The van der Waals surface area contributed by atoms with Crippen molar-refractivity contribution in [2.75, 3.05) is 11.2 Å². The van der Waals surface area contributed by atoms with Crippen molar-refractivity contribution in [1.82, 2.24) is 4.98 Å². The zero-order valence-electron chi connectivity index (χ0n) is 12.2. The predicted octanol–water partition coefficient (Wildman–Crippen LogP) is 4.59. The first kappa shape index (κ1) is 15.3. The van der Waals surface area contributed by atoms with Gasteiger partial charge in [0, 0.05) is 12.1 Å². The average molecular weight is 269 g/mol. The van der Waals surface area contributed by atoms with Crippen molar-refractivity contribution in [2.24, 2.45) is 0 Å². The molecule has 18 heavy (non-hydrogen) atoms. The average Bonchev–Trinajstić information content (AvgIpc) is 2.36. The molecule has 1 N–H and O–H groups in total. The molecule has 0 aliphatic rings. The third-order valence-corrected chi connectivity index (χ3v) is 4.14. The number of nitrogens with one attached hydrogen (secondary N) is 1. The number of hydrogen-bond acceptors (Lipinski definition) is 2. The van der Waals surface area contributed by atoms with Crippen molar-refractivity contribution in [2.45, 2.75) is 58.4 Å². The van der Waals surface area contributed by atoms with Gasteiger partial charge in [-0.2, -0.15) is 0 Å². The number of rotatable bonds is 5. The van der Waals surface area contributed by atoms with Crippen molar-refractivity contribution in [3.63, 3.8) is 0 Å². The number of halogens is 1. The van der Waals surface area contributed by atoms with E-state index >= 15 is 0 Å². The number of nitrogens with zero attached hydrogens (tertiary/aromatic N) is 1. The molecule has 0 aliphatic carbocycles. The zero-order chi connectivity index (χ0) is 13.8. The lowest BCUT2D eigenvalue weighted by Crippen LogP contribution is -2.39. The summed E-state index contributed by atoms with van der Waals surface area (Å²) in [5, 5.41) is 3.48. The van der Waals surface area contributed by atoms with E-state index < -0.39 is 0 Å². The van der Waals surface area contributed by atoms with Gasteiger partial charge in [-0.05, 0) is 29.9 Å². The first-order chi connectivity index (χ1) is 8.37. The van der Waals surface area contributed by atoms with Gasteiger partial charge in [0.05, 0.1) is 5.54 Å². The maximum Gasteiger partial charge on any atom is 0.126 e. The molecule has 0 aromatic carbocycles. The number of alkyl halides is 1. The molecule has 0 radical (unpaired) electrons. The highest BCUT2D eigenvalue weighted by molar-refractivity contribution is 6.18. The molecule has 0 saturated heterocycles. The molecule has 2 nitrogen and oxygen atoms in total. The van der Waals surface area contributed by atoms with Crippen molar-refractivity contribution in [3.8, 4) is 0 Å². The maximum atomic E-state index is 6.09. The molecule has 0 unspecified atom stereocenters. The van der Waals surface area contributed by atoms with E-state index in [1.807, 2.05) is 12.3 Å². The first-order valence-electron chi connectivity index (χ1n) is 6.67. The summed E-state index contributed by atoms with van der Waals surface area (Å²) in [6, 6.07) is 4.19. The number of hydrogen-bond donors (Lipinski definition) is 1. The summed E-state index contributed by atoms with van der Waals surface area (Å²) in [5.74, 6) is 1.51. The Bertz CT molecular complexity index is 353. The first-order valence-corrected chi connectivity index (χ1v) is 7.21. The Morgan fingerprint density at radius 1 is 1.17 bits per heavy atom. The fraction of sp³-hybridized carbons (Fsp3) is 0.667. The van der Waals surface area contributed by atoms with Crippen LogP contribution in [0, 0.1) is 0 Å². The molecule has 1 aromatic heterocycles. The molecular weight excluding hydrogens is 244 g/mol. The molecule has 0 saturated carbocycles. The van der Waals surface area contributed by atoms with Gasteiger partial charge in [-0.1, -0.05) is 40.7 Å². The monoisotopic (exact) mass is 268 g/mol. The lowest BCUT2D eigenvalue weighted by atomic mass is 9.88. The Morgan fingerprint density at radius 2 is 1.78 bits per heavy atom. The summed E-state index contributed by atoms with van der Waals surface area (Å²) in [7, 11) is 0. The second-order valence-electron chi connectivity index (χ2n) is 5.93. The largest absolute Gasteiger partial charge is 0.363 e. The second kappa shape index (κ2) is 5.92. The summed E-state index contributed by atoms with van der Waals surface area (Å²) in [5.41, 5.74) is 1.35. The van der Waals surface area contributed by atoms with Gasteiger partial charge in [-0.25, -0.2) is 4.98 Å². The quantitative estimate of drug-likeness (QED) is 0.790. The van der Waals surface area contributed by atoms with Gasteiger partial charge in [0.15, 0.2) is 0 Å². The Balaban J connectivity index is 2.86. The van der Waals surface area contributed by atoms with Gasteiger partial charge >= 0.3 is 0 Å². The fourth-order valence-corrected chi connectivity index (χ4v) is 2.28. The van der Waals surface area contributed by atoms with Crippen molar-refractivity contribution in [1.29, 1.82) is 0 Å². The van der Waals surface area contributed by atoms with E-state index in [4.69, 9.17) is 11.6 Å². The minimum atomic E-state index is -0.0438. The highest BCUT2D eigenvalue weighted by Crippen LogP contribution is 2.25. The molecule has 0 atom stereocenters. The topological polar surface area (TPSA) is 24.9 Å². The van der Waals surface area contributed by atoms with Gasteiger partial charge < -0.3 is 5.32 Å². The van der Waals surface area contributed by atoms with Gasteiger partial charge in [0.25, 0.3) is 0 Å². The van der Waals surface area contributed by atoms with E-state index in [1.165, 1.54) is 5.56 Å². The maximum absolute atomic E-state index is 6.09. The van der Waals surface area contributed by atoms with Gasteiger partial charge in [-0.15, -0.1) is 11.6 Å². The van der Waals surface area contributed by atoms with Crippen molar-refractivity contribution < 1.29 is 0 Å². The highest BCUT2D eigenvalue weighted by Gasteiger charge is 2.25. The third-order valence-electron chi connectivity index (χ3n) is 3.63. The van der Waals surface area contributed by atoms with Crippen LogP contribution in [0.25, 0.3) is 0 Å². The zero-order valence-corrected chi connectivity index (χ0v) is 12.9. The van der Waals surface area contributed by atoms with Crippen LogP contribution in [0.3, 0.4) is 0 Å². The van der Waals surface area contributed by atoms with E-state index in [-0.39, 0.29) is 11.0 Å². The SMILES string of the molecule is CCC(CC)(CCl)Nc1ccc(C(C)(C)C)cn1. The Labute approximate surface area is 116 Å². The van der Waals surface area contributed by atoms with E-state index in [2.05, 4.69) is 51.0 Å². The van der Waals surface area contributed by atoms with Crippen LogP contribution >= 0.6 is 11.6 Å². The Hall–Kier alpha value is -0.760. The molecule has 0 fully saturated rings.